The first-order valence-electron chi connectivity index (χ1n) is 9.57. The van der Waals surface area contributed by atoms with Crippen LogP contribution in [0, 0.1) is 0 Å². The number of ether oxygens (including phenoxy) is 1. The van der Waals surface area contributed by atoms with Gasteiger partial charge in [0.25, 0.3) is 0 Å². The SMILES string of the molecule is C/N=C/c1ccccc1Pc1cccc([Si](C)(C)C)c1OCc1ccccc1. The summed E-state index contributed by atoms with van der Waals surface area (Å²) in [6.45, 7) is 7.73. The maximum absolute atomic E-state index is 6.46. The van der Waals surface area contributed by atoms with Crippen molar-refractivity contribution in [1.82, 2.24) is 0 Å². The van der Waals surface area contributed by atoms with Gasteiger partial charge in [0.15, 0.2) is 0 Å². The van der Waals surface area contributed by atoms with Crippen LogP contribution in [0.15, 0.2) is 77.8 Å². The number of hydrogen-bond acceptors (Lipinski definition) is 2. The molecule has 0 aliphatic carbocycles. The van der Waals surface area contributed by atoms with Crippen molar-refractivity contribution >= 4 is 38.7 Å². The number of aliphatic imine (C=N–C) groups is 1. The van der Waals surface area contributed by atoms with E-state index in [1.165, 1.54) is 26.9 Å². The third-order valence-corrected chi connectivity index (χ3v) is 7.94. The molecule has 4 heteroatoms. The van der Waals surface area contributed by atoms with Gasteiger partial charge in [0, 0.05) is 18.6 Å². The summed E-state index contributed by atoms with van der Waals surface area (Å²) in [7, 11) is 0.812. The Hall–Kier alpha value is -2.22. The van der Waals surface area contributed by atoms with E-state index in [1.807, 2.05) is 19.3 Å². The van der Waals surface area contributed by atoms with E-state index in [2.05, 4.69) is 91.4 Å². The van der Waals surface area contributed by atoms with Crippen LogP contribution in [0.3, 0.4) is 0 Å². The summed E-state index contributed by atoms with van der Waals surface area (Å²) in [4.78, 5) is 4.22. The lowest BCUT2D eigenvalue weighted by atomic mass is 10.2. The maximum atomic E-state index is 6.46. The number of hydrogen-bond donors (Lipinski definition) is 0. The molecule has 1 unspecified atom stereocenters. The van der Waals surface area contributed by atoms with E-state index in [-0.39, 0.29) is 0 Å². The van der Waals surface area contributed by atoms with Gasteiger partial charge in [-0.1, -0.05) is 101 Å². The molecule has 28 heavy (non-hydrogen) atoms. The first-order chi connectivity index (χ1) is 13.5. The Kier molecular flexibility index (Phi) is 6.82. The Morgan fingerprint density at radius 3 is 2.25 bits per heavy atom. The lowest BCUT2D eigenvalue weighted by Crippen LogP contribution is -2.40. The Morgan fingerprint density at radius 2 is 1.54 bits per heavy atom. The van der Waals surface area contributed by atoms with Crippen LogP contribution < -0.4 is 20.5 Å². The van der Waals surface area contributed by atoms with Crippen molar-refractivity contribution < 1.29 is 4.74 Å². The van der Waals surface area contributed by atoms with Crippen molar-refractivity contribution in [2.45, 2.75) is 26.2 Å². The molecule has 0 fully saturated rings. The molecule has 2 nitrogen and oxygen atoms in total. The van der Waals surface area contributed by atoms with Crippen LogP contribution in [0.25, 0.3) is 0 Å². The second kappa shape index (κ2) is 9.32. The lowest BCUT2D eigenvalue weighted by Gasteiger charge is -2.24. The molecule has 0 radical (unpaired) electrons. The highest BCUT2D eigenvalue weighted by Crippen LogP contribution is 2.23. The van der Waals surface area contributed by atoms with Crippen molar-refractivity contribution in [2.24, 2.45) is 4.99 Å². The van der Waals surface area contributed by atoms with Gasteiger partial charge < -0.3 is 4.74 Å². The molecule has 0 N–H and O–H groups in total. The first kappa shape index (κ1) is 20.5. The summed E-state index contributed by atoms with van der Waals surface area (Å²) in [6, 6.07) is 25.5. The molecule has 0 bridgehead atoms. The highest BCUT2D eigenvalue weighted by molar-refractivity contribution is 7.56. The fourth-order valence-corrected chi connectivity index (χ4v) is 5.99. The van der Waals surface area contributed by atoms with Crippen molar-refractivity contribution in [3.63, 3.8) is 0 Å². The van der Waals surface area contributed by atoms with Crippen molar-refractivity contribution in [2.75, 3.05) is 7.05 Å². The van der Waals surface area contributed by atoms with E-state index in [9.17, 15) is 0 Å². The molecular formula is C24H28NOPSi. The van der Waals surface area contributed by atoms with Crippen molar-refractivity contribution in [3.8, 4) is 5.75 Å². The monoisotopic (exact) mass is 405 g/mol. The zero-order valence-electron chi connectivity index (χ0n) is 17.1. The molecule has 0 aliphatic heterocycles. The fraction of sp³-hybridized carbons (Fsp3) is 0.208. The van der Waals surface area contributed by atoms with E-state index < -0.39 is 8.07 Å². The van der Waals surface area contributed by atoms with Crippen LogP contribution in [0.4, 0.5) is 0 Å². The molecule has 0 amide bonds. The molecule has 0 aromatic heterocycles. The van der Waals surface area contributed by atoms with Gasteiger partial charge in [-0.05, 0) is 21.6 Å². The van der Waals surface area contributed by atoms with Crippen LogP contribution in [0.2, 0.25) is 19.6 Å². The zero-order valence-corrected chi connectivity index (χ0v) is 19.1. The normalized spacial score (nSPS) is 12.1. The summed E-state index contributed by atoms with van der Waals surface area (Å²) in [6.07, 6.45) is 1.94. The predicted octanol–water partition coefficient (Wildman–Crippen LogP) is 4.49. The van der Waals surface area contributed by atoms with Gasteiger partial charge in [0.1, 0.15) is 12.4 Å². The Labute approximate surface area is 171 Å². The summed E-state index contributed by atoms with van der Waals surface area (Å²) >= 11 is 0. The van der Waals surface area contributed by atoms with Gasteiger partial charge in [-0.3, -0.25) is 4.99 Å². The standard InChI is InChI=1S/C24H28NOPSi/c1-25-17-20-13-8-9-14-21(20)27-22-15-10-16-23(28(2,3)4)24(22)26-18-19-11-6-5-7-12-19/h5-17,27H,18H2,1-4H3/b25-17+. The zero-order chi connectivity index (χ0) is 20.0. The van der Waals surface area contributed by atoms with Crippen LogP contribution in [-0.2, 0) is 6.61 Å². The molecule has 0 saturated carbocycles. The Bertz CT molecular complexity index is 948. The topological polar surface area (TPSA) is 21.6 Å². The third kappa shape index (κ3) is 5.18. The maximum Gasteiger partial charge on any atom is 0.126 e. The second-order valence-corrected chi connectivity index (χ2v) is 14.2. The molecule has 0 spiro atoms. The molecule has 0 aliphatic rings. The van der Waals surface area contributed by atoms with Gasteiger partial charge in [-0.2, -0.15) is 0 Å². The van der Waals surface area contributed by atoms with E-state index in [1.54, 1.807) is 0 Å². The summed E-state index contributed by atoms with van der Waals surface area (Å²) in [5.74, 6) is 1.08. The number of benzene rings is 3. The number of nitrogens with zero attached hydrogens (tertiary/aromatic N) is 1. The number of rotatable bonds is 7. The smallest absolute Gasteiger partial charge is 0.126 e. The van der Waals surface area contributed by atoms with Gasteiger partial charge >= 0.3 is 0 Å². The highest BCUT2D eigenvalue weighted by atomic mass is 31.1. The second-order valence-electron chi connectivity index (χ2n) is 7.81. The molecular weight excluding hydrogens is 377 g/mol. The summed E-state index contributed by atoms with van der Waals surface area (Å²) in [5.41, 5.74) is 2.37. The minimum absolute atomic E-state index is 0.533. The molecule has 0 saturated heterocycles. The number of para-hydroxylation sites is 1. The molecule has 0 heterocycles. The van der Waals surface area contributed by atoms with Gasteiger partial charge in [-0.15, -0.1) is 0 Å². The van der Waals surface area contributed by atoms with E-state index in [0.29, 0.717) is 15.2 Å². The van der Waals surface area contributed by atoms with Gasteiger partial charge in [-0.25, -0.2) is 0 Å². The largest absolute Gasteiger partial charge is 0.488 e. The van der Waals surface area contributed by atoms with E-state index >= 15 is 0 Å². The summed E-state index contributed by atoms with van der Waals surface area (Å²) in [5, 5.41) is 3.95. The Morgan fingerprint density at radius 1 is 0.857 bits per heavy atom. The van der Waals surface area contributed by atoms with Crippen molar-refractivity contribution in [1.29, 1.82) is 0 Å². The fourth-order valence-electron chi connectivity index (χ4n) is 3.12. The highest BCUT2D eigenvalue weighted by Gasteiger charge is 2.23. The molecule has 1 atom stereocenters. The van der Waals surface area contributed by atoms with E-state index in [4.69, 9.17) is 4.74 Å². The quantitative estimate of drug-likeness (QED) is 0.322. The molecule has 144 valence electrons. The molecule has 3 rings (SSSR count). The van der Waals surface area contributed by atoms with Crippen LogP contribution in [0.1, 0.15) is 11.1 Å². The minimum atomic E-state index is -1.54. The summed E-state index contributed by atoms with van der Waals surface area (Å²) < 4.78 is 6.46. The first-order valence-corrected chi connectivity index (χ1v) is 14.1. The molecule has 3 aromatic carbocycles. The third-order valence-electron chi connectivity index (χ3n) is 4.55. The van der Waals surface area contributed by atoms with Gasteiger partial charge in [0.05, 0.1) is 8.07 Å². The lowest BCUT2D eigenvalue weighted by molar-refractivity contribution is 0.311. The van der Waals surface area contributed by atoms with Crippen molar-refractivity contribution in [3.05, 3.63) is 83.9 Å². The van der Waals surface area contributed by atoms with Crippen LogP contribution in [0.5, 0.6) is 5.75 Å². The predicted molar refractivity (Wildman–Crippen MR) is 128 cm³/mol. The molecule has 3 aromatic rings. The van der Waals surface area contributed by atoms with E-state index in [0.717, 1.165) is 5.75 Å². The Balaban J connectivity index is 1.98. The van der Waals surface area contributed by atoms with Gasteiger partial charge in [0.2, 0.25) is 0 Å². The average molecular weight is 406 g/mol. The average Bonchev–Trinajstić information content (AvgIpc) is 2.68. The minimum Gasteiger partial charge on any atom is -0.488 e. The van der Waals surface area contributed by atoms with Crippen LogP contribution in [-0.4, -0.2) is 21.3 Å². The van der Waals surface area contributed by atoms with Crippen LogP contribution >= 0.6 is 8.58 Å².